The van der Waals surface area contributed by atoms with Crippen LogP contribution in [0.5, 0.6) is 0 Å². The third-order valence-electron chi connectivity index (χ3n) is 1.30. The zero-order chi connectivity index (χ0) is 9.84. The summed E-state index contributed by atoms with van der Waals surface area (Å²) in [5.41, 5.74) is 0.483. The molecule has 0 aliphatic heterocycles. The van der Waals surface area contributed by atoms with Crippen LogP contribution in [0.1, 0.15) is 5.56 Å². The van der Waals surface area contributed by atoms with Crippen molar-refractivity contribution < 1.29 is 9.90 Å². The molecule has 0 fully saturated rings. The van der Waals surface area contributed by atoms with Gasteiger partial charge in [-0.15, -0.1) is 0 Å². The molecule has 5 heteroatoms. The van der Waals surface area contributed by atoms with E-state index in [9.17, 15) is 4.79 Å². The van der Waals surface area contributed by atoms with Crippen molar-refractivity contribution >= 4 is 35.5 Å². The lowest BCUT2D eigenvalue weighted by Gasteiger charge is -1.97. The van der Waals surface area contributed by atoms with E-state index in [0.29, 0.717) is 15.6 Å². The van der Waals surface area contributed by atoms with Gasteiger partial charge in [0.05, 0.1) is 10.0 Å². The first-order valence-corrected chi connectivity index (χ1v) is 4.08. The van der Waals surface area contributed by atoms with Crippen LogP contribution in [-0.2, 0) is 0 Å². The van der Waals surface area contributed by atoms with Crippen LogP contribution < -0.4 is 0 Å². The summed E-state index contributed by atoms with van der Waals surface area (Å²) in [6.07, 6.45) is -0.118. The lowest BCUT2D eigenvalue weighted by atomic mass is 10.2. The van der Waals surface area contributed by atoms with E-state index < -0.39 is 6.09 Å². The van der Waals surface area contributed by atoms with Crippen molar-refractivity contribution in [2.75, 3.05) is 0 Å². The number of hydrogen-bond acceptors (Lipinski definition) is 1. The number of aliphatic imine (C=N–C) groups is 1. The summed E-state index contributed by atoms with van der Waals surface area (Å²) in [6.45, 7) is 0. The molecule has 0 aliphatic rings. The number of nitrogens with zero attached hydrogens (tertiary/aromatic N) is 1. The normalized spacial score (nSPS) is 10.6. The summed E-state index contributed by atoms with van der Waals surface area (Å²) in [7, 11) is 0. The minimum atomic E-state index is -1.27. The Morgan fingerprint density at radius 1 is 1.46 bits per heavy atom. The molecule has 13 heavy (non-hydrogen) atoms. The molecule has 0 heterocycles. The fraction of sp³-hybridized carbons (Fsp3) is 0. The molecule has 0 radical (unpaired) electrons. The van der Waals surface area contributed by atoms with Crippen molar-refractivity contribution in [2.45, 2.75) is 0 Å². The highest BCUT2D eigenvalue weighted by atomic mass is 35.5. The SMILES string of the molecule is O=C(O)N=Cc1cccc(Cl)c1Cl. The second-order valence-corrected chi connectivity index (χ2v) is 2.97. The van der Waals surface area contributed by atoms with Gasteiger partial charge in [-0.3, -0.25) is 0 Å². The Bertz CT molecular complexity index is 363. The van der Waals surface area contributed by atoms with Crippen LogP contribution in [0.15, 0.2) is 23.2 Å². The molecular formula is C8H5Cl2NO2. The Morgan fingerprint density at radius 3 is 2.77 bits per heavy atom. The Hall–Kier alpha value is -1.06. The molecule has 1 rings (SSSR count). The maximum atomic E-state index is 10.1. The zero-order valence-corrected chi connectivity index (χ0v) is 7.88. The average Bonchev–Trinajstić information content (AvgIpc) is 2.07. The molecule has 3 nitrogen and oxygen atoms in total. The monoisotopic (exact) mass is 217 g/mol. The van der Waals surface area contributed by atoms with E-state index in [0.717, 1.165) is 6.21 Å². The fourth-order valence-electron chi connectivity index (χ4n) is 0.745. The fourth-order valence-corrected chi connectivity index (χ4v) is 1.10. The highest BCUT2D eigenvalue weighted by Gasteiger charge is 2.01. The number of amides is 1. The smallest absolute Gasteiger partial charge is 0.431 e. The first kappa shape index (κ1) is 10.0. The molecule has 1 N–H and O–H groups in total. The lowest BCUT2D eigenvalue weighted by molar-refractivity contribution is 0.206. The second-order valence-electron chi connectivity index (χ2n) is 2.18. The van der Waals surface area contributed by atoms with Crippen molar-refractivity contribution in [1.82, 2.24) is 0 Å². The maximum absolute atomic E-state index is 10.1. The van der Waals surface area contributed by atoms with E-state index in [2.05, 4.69) is 4.99 Å². The molecule has 0 aliphatic carbocycles. The van der Waals surface area contributed by atoms with Crippen molar-refractivity contribution in [3.05, 3.63) is 33.8 Å². The number of carbonyl (C=O) groups is 1. The van der Waals surface area contributed by atoms with Gasteiger partial charge in [-0.05, 0) is 6.07 Å². The van der Waals surface area contributed by atoms with Crippen molar-refractivity contribution in [1.29, 1.82) is 0 Å². The predicted molar refractivity (Wildman–Crippen MR) is 52.1 cm³/mol. The van der Waals surface area contributed by atoms with Gasteiger partial charge in [0.15, 0.2) is 0 Å². The summed E-state index contributed by atoms with van der Waals surface area (Å²) in [5.74, 6) is 0. The van der Waals surface area contributed by atoms with Gasteiger partial charge in [0, 0.05) is 11.8 Å². The molecule has 1 aromatic rings. The van der Waals surface area contributed by atoms with Crippen LogP contribution in [0.4, 0.5) is 4.79 Å². The minimum absolute atomic E-state index is 0.300. The molecule has 0 aromatic heterocycles. The number of rotatable bonds is 1. The van der Waals surface area contributed by atoms with E-state index in [1.165, 1.54) is 0 Å². The van der Waals surface area contributed by atoms with Gasteiger partial charge >= 0.3 is 6.09 Å². The lowest BCUT2D eigenvalue weighted by Crippen LogP contribution is -1.89. The second kappa shape index (κ2) is 4.25. The van der Waals surface area contributed by atoms with E-state index in [4.69, 9.17) is 28.3 Å². The van der Waals surface area contributed by atoms with Gasteiger partial charge in [-0.25, -0.2) is 4.79 Å². The summed E-state index contributed by atoms with van der Waals surface area (Å²) >= 11 is 11.4. The van der Waals surface area contributed by atoms with Crippen molar-refractivity contribution in [2.24, 2.45) is 4.99 Å². The Labute approximate surface area is 84.6 Å². The maximum Gasteiger partial charge on any atom is 0.431 e. The van der Waals surface area contributed by atoms with Gasteiger partial charge in [-0.1, -0.05) is 35.3 Å². The average molecular weight is 218 g/mol. The molecule has 1 aromatic carbocycles. The van der Waals surface area contributed by atoms with E-state index in [-0.39, 0.29) is 0 Å². The topological polar surface area (TPSA) is 49.7 Å². The molecular weight excluding hydrogens is 213 g/mol. The van der Waals surface area contributed by atoms with Crippen molar-refractivity contribution in [3.63, 3.8) is 0 Å². The number of hydrogen-bond donors (Lipinski definition) is 1. The Morgan fingerprint density at radius 2 is 2.15 bits per heavy atom. The number of carboxylic acid groups (broad SMARTS) is 1. The zero-order valence-electron chi connectivity index (χ0n) is 6.37. The highest BCUT2D eigenvalue weighted by molar-refractivity contribution is 6.43. The Kier molecular flexibility index (Phi) is 3.28. The minimum Gasteiger partial charge on any atom is -0.463 e. The first-order chi connectivity index (χ1) is 6.11. The third-order valence-corrected chi connectivity index (χ3v) is 2.13. The molecule has 0 spiro atoms. The number of halogens is 2. The first-order valence-electron chi connectivity index (χ1n) is 3.32. The summed E-state index contributed by atoms with van der Waals surface area (Å²) < 4.78 is 0. The summed E-state index contributed by atoms with van der Waals surface area (Å²) in [5, 5.41) is 8.93. The van der Waals surface area contributed by atoms with Crippen LogP contribution in [0.3, 0.4) is 0 Å². The van der Waals surface area contributed by atoms with Crippen LogP contribution in [0.2, 0.25) is 10.0 Å². The van der Waals surface area contributed by atoms with E-state index in [1.54, 1.807) is 18.2 Å². The molecule has 1 amide bonds. The Balaban J connectivity index is 3.02. The molecule has 0 atom stereocenters. The predicted octanol–water partition coefficient (Wildman–Crippen LogP) is 3.09. The van der Waals surface area contributed by atoms with E-state index >= 15 is 0 Å². The standard InChI is InChI=1S/C8H5Cl2NO2/c9-6-3-1-2-5(7(6)10)4-11-8(12)13/h1-4H,(H,12,13). The number of benzene rings is 1. The molecule has 0 saturated heterocycles. The molecule has 0 unspecified atom stereocenters. The largest absolute Gasteiger partial charge is 0.463 e. The van der Waals surface area contributed by atoms with Crippen LogP contribution in [0, 0.1) is 0 Å². The summed E-state index contributed by atoms with van der Waals surface area (Å²) in [6, 6.07) is 4.90. The van der Waals surface area contributed by atoms with Gasteiger partial charge in [0.2, 0.25) is 0 Å². The quantitative estimate of drug-likeness (QED) is 0.736. The van der Waals surface area contributed by atoms with Crippen molar-refractivity contribution in [3.8, 4) is 0 Å². The summed E-state index contributed by atoms with van der Waals surface area (Å²) in [4.78, 5) is 13.2. The molecule has 68 valence electrons. The van der Waals surface area contributed by atoms with Gasteiger partial charge < -0.3 is 5.11 Å². The van der Waals surface area contributed by atoms with Gasteiger partial charge in [0.25, 0.3) is 0 Å². The third kappa shape index (κ3) is 2.72. The van der Waals surface area contributed by atoms with Crippen LogP contribution in [-0.4, -0.2) is 17.4 Å². The highest BCUT2D eigenvalue weighted by Crippen LogP contribution is 2.24. The molecule has 0 saturated carbocycles. The van der Waals surface area contributed by atoms with Gasteiger partial charge in [-0.2, -0.15) is 4.99 Å². The van der Waals surface area contributed by atoms with Gasteiger partial charge in [0.1, 0.15) is 0 Å². The van der Waals surface area contributed by atoms with Crippen LogP contribution >= 0.6 is 23.2 Å². The van der Waals surface area contributed by atoms with E-state index in [1.807, 2.05) is 0 Å². The molecule has 0 bridgehead atoms. The van der Waals surface area contributed by atoms with Crippen LogP contribution in [0.25, 0.3) is 0 Å².